The molecule has 0 bridgehead atoms. The Kier molecular flexibility index (Phi) is 4.73. The molecule has 1 fully saturated rings. The third-order valence-corrected chi connectivity index (χ3v) is 2.47. The number of hydrogen-bond acceptors (Lipinski definition) is 4. The molecule has 0 spiro atoms. The van der Waals surface area contributed by atoms with Gasteiger partial charge in [0.05, 0.1) is 0 Å². The van der Waals surface area contributed by atoms with Gasteiger partial charge in [-0.3, -0.25) is 5.43 Å². The molecule has 2 N–H and O–H groups in total. The van der Waals surface area contributed by atoms with Crippen molar-refractivity contribution in [2.75, 3.05) is 6.54 Å². The fourth-order valence-corrected chi connectivity index (χ4v) is 1.65. The average molecular weight is 254 g/mol. The Labute approximate surface area is 95.7 Å². The van der Waals surface area contributed by atoms with E-state index in [1.165, 1.54) is 0 Å². The van der Waals surface area contributed by atoms with Gasteiger partial charge in [0.25, 0.3) is 0 Å². The molecule has 1 aliphatic rings. The normalized spacial score (nSPS) is 16.9. The van der Waals surface area contributed by atoms with Gasteiger partial charge in [-0.2, -0.15) is 13.2 Å². The van der Waals surface area contributed by atoms with E-state index in [9.17, 15) is 22.8 Å². The van der Waals surface area contributed by atoms with E-state index in [2.05, 4.69) is 10.2 Å². The van der Waals surface area contributed by atoms with Crippen LogP contribution in [0.3, 0.4) is 0 Å². The lowest BCUT2D eigenvalue weighted by molar-refractivity contribution is -0.193. The number of esters is 1. The molecule has 0 unspecified atom stereocenters. The molecule has 1 aliphatic carbocycles. The number of rotatable bonds is 3. The first-order valence-electron chi connectivity index (χ1n) is 5.21. The van der Waals surface area contributed by atoms with Crippen molar-refractivity contribution in [3.8, 4) is 0 Å². The largest absolute Gasteiger partial charge is 0.491 e. The average Bonchev–Trinajstić information content (AvgIpc) is 2.69. The summed E-state index contributed by atoms with van der Waals surface area (Å²) in [5, 5.41) is 0. The van der Waals surface area contributed by atoms with E-state index in [4.69, 9.17) is 0 Å². The first-order chi connectivity index (χ1) is 7.89. The lowest BCUT2D eigenvalue weighted by atomic mass is 10.1. The Balaban J connectivity index is 2.14. The molecule has 8 heteroatoms. The highest BCUT2D eigenvalue weighted by Gasteiger charge is 2.42. The molecule has 0 heterocycles. The summed E-state index contributed by atoms with van der Waals surface area (Å²) >= 11 is 0. The maximum atomic E-state index is 11.7. The summed E-state index contributed by atoms with van der Waals surface area (Å²) in [4.78, 5) is 21.0. The standard InChI is InChI=1S/C9H13F3N2O3/c10-9(11,12)7(15)17-8(16)14-13-5-6-3-1-2-4-6/h6,13H,1-5H2,(H,14,16). The fraction of sp³-hybridized carbons (Fsp3) is 0.778. The number of ether oxygens (including phenoxy) is 1. The Bertz CT molecular complexity index is 288. The number of carbonyl (C=O) groups is 2. The predicted molar refractivity (Wildman–Crippen MR) is 50.6 cm³/mol. The minimum atomic E-state index is -5.16. The van der Waals surface area contributed by atoms with Crippen LogP contribution < -0.4 is 10.9 Å². The molecule has 1 amide bonds. The lowest BCUT2D eigenvalue weighted by Crippen LogP contribution is -2.42. The number of hydrazine groups is 1. The van der Waals surface area contributed by atoms with E-state index in [0.29, 0.717) is 12.5 Å². The highest BCUT2D eigenvalue weighted by atomic mass is 19.4. The number of hydrogen-bond donors (Lipinski definition) is 2. The zero-order valence-electron chi connectivity index (χ0n) is 8.97. The van der Waals surface area contributed by atoms with Crippen molar-refractivity contribution in [1.82, 2.24) is 10.9 Å². The summed E-state index contributed by atoms with van der Waals surface area (Å²) in [6.07, 6.45) is -2.35. The Morgan fingerprint density at radius 2 is 1.82 bits per heavy atom. The van der Waals surface area contributed by atoms with Crippen LogP contribution >= 0.6 is 0 Å². The minimum Gasteiger partial charge on any atom is -0.369 e. The predicted octanol–water partition coefficient (Wildman–Crippen LogP) is 1.50. The first kappa shape index (κ1) is 13.8. The molecule has 0 saturated heterocycles. The SMILES string of the molecule is O=C(NNCC1CCCC1)OC(=O)C(F)(F)F. The van der Waals surface area contributed by atoms with E-state index < -0.39 is 18.2 Å². The summed E-state index contributed by atoms with van der Waals surface area (Å²) < 4.78 is 38.6. The van der Waals surface area contributed by atoms with Gasteiger partial charge in [-0.25, -0.2) is 15.0 Å². The van der Waals surface area contributed by atoms with Crippen molar-refractivity contribution in [1.29, 1.82) is 0 Å². The second-order valence-electron chi connectivity index (χ2n) is 3.83. The van der Waals surface area contributed by atoms with Crippen LogP contribution in [0.25, 0.3) is 0 Å². The van der Waals surface area contributed by atoms with Crippen molar-refractivity contribution >= 4 is 12.1 Å². The fourth-order valence-electron chi connectivity index (χ4n) is 1.65. The van der Waals surface area contributed by atoms with Crippen LogP contribution in [0, 0.1) is 5.92 Å². The Hall–Kier alpha value is -1.31. The van der Waals surface area contributed by atoms with Gasteiger partial charge in [-0.1, -0.05) is 12.8 Å². The highest BCUT2D eigenvalue weighted by Crippen LogP contribution is 2.23. The van der Waals surface area contributed by atoms with E-state index in [0.717, 1.165) is 25.7 Å². The molecule has 0 aromatic heterocycles. The van der Waals surface area contributed by atoms with Crippen LogP contribution in [0.2, 0.25) is 0 Å². The smallest absolute Gasteiger partial charge is 0.369 e. The maximum Gasteiger partial charge on any atom is 0.491 e. The monoisotopic (exact) mass is 254 g/mol. The van der Waals surface area contributed by atoms with Crippen LogP contribution in [0.5, 0.6) is 0 Å². The summed E-state index contributed by atoms with van der Waals surface area (Å²) in [7, 11) is 0. The Morgan fingerprint density at radius 1 is 1.24 bits per heavy atom. The molecule has 98 valence electrons. The summed E-state index contributed by atoms with van der Waals surface area (Å²) in [6, 6.07) is 0. The molecule has 1 rings (SSSR count). The molecule has 0 aromatic rings. The van der Waals surface area contributed by atoms with E-state index in [1.54, 1.807) is 0 Å². The van der Waals surface area contributed by atoms with Crippen LogP contribution in [0.1, 0.15) is 25.7 Å². The Morgan fingerprint density at radius 3 is 2.35 bits per heavy atom. The molecule has 0 radical (unpaired) electrons. The molecule has 0 aromatic carbocycles. The van der Waals surface area contributed by atoms with Gasteiger partial charge < -0.3 is 4.74 Å². The van der Waals surface area contributed by atoms with Crippen molar-refractivity contribution in [3.05, 3.63) is 0 Å². The first-order valence-corrected chi connectivity index (χ1v) is 5.21. The zero-order valence-corrected chi connectivity index (χ0v) is 8.97. The maximum absolute atomic E-state index is 11.7. The van der Waals surface area contributed by atoms with Gasteiger partial charge in [0.15, 0.2) is 0 Å². The number of carbonyl (C=O) groups excluding carboxylic acids is 2. The van der Waals surface area contributed by atoms with Crippen molar-refractivity contribution in [3.63, 3.8) is 0 Å². The summed E-state index contributed by atoms with van der Waals surface area (Å²) in [5.74, 6) is -2.13. The van der Waals surface area contributed by atoms with Crippen LogP contribution in [0.15, 0.2) is 0 Å². The van der Waals surface area contributed by atoms with Crippen molar-refractivity contribution in [2.45, 2.75) is 31.9 Å². The van der Waals surface area contributed by atoms with Gasteiger partial charge in [0.2, 0.25) is 0 Å². The second-order valence-corrected chi connectivity index (χ2v) is 3.83. The second kappa shape index (κ2) is 5.85. The quantitative estimate of drug-likeness (QED) is 0.455. The van der Waals surface area contributed by atoms with Crippen molar-refractivity contribution in [2.24, 2.45) is 5.92 Å². The summed E-state index contributed by atoms with van der Waals surface area (Å²) in [6.45, 7) is 0.454. The number of alkyl halides is 3. The number of halogens is 3. The zero-order chi connectivity index (χ0) is 12.9. The third kappa shape index (κ3) is 5.03. The molecular weight excluding hydrogens is 241 g/mol. The van der Waals surface area contributed by atoms with Crippen molar-refractivity contribution < 1.29 is 27.5 Å². The van der Waals surface area contributed by atoms with Gasteiger partial charge in [0.1, 0.15) is 0 Å². The molecule has 0 aliphatic heterocycles. The third-order valence-electron chi connectivity index (χ3n) is 2.47. The molecular formula is C9H13F3N2O3. The lowest BCUT2D eigenvalue weighted by Gasteiger charge is -2.11. The molecule has 1 saturated carbocycles. The minimum absolute atomic E-state index is 0.397. The van der Waals surface area contributed by atoms with E-state index >= 15 is 0 Å². The highest BCUT2D eigenvalue weighted by molar-refractivity contribution is 5.87. The van der Waals surface area contributed by atoms with Crippen LogP contribution in [-0.2, 0) is 9.53 Å². The molecule has 5 nitrogen and oxygen atoms in total. The molecule has 17 heavy (non-hydrogen) atoms. The van der Waals surface area contributed by atoms with Crippen LogP contribution in [0.4, 0.5) is 18.0 Å². The van der Waals surface area contributed by atoms with Gasteiger partial charge in [-0.05, 0) is 18.8 Å². The van der Waals surface area contributed by atoms with Gasteiger partial charge in [-0.15, -0.1) is 0 Å². The van der Waals surface area contributed by atoms with Gasteiger partial charge in [0, 0.05) is 6.54 Å². The van der Waals surface area contributed by atoms with Crippen LogP contribution in [-0.4, -0.2) is 24.8 Å². The topological polar surface area (TPSA) is 67.4 Å². The number of nitrogens with one attached hydrogen (secondary N) is 2. The van der Waals surface area contributed by atoms with E-state index in [1.807, 2.05) is 5.43 Å². The number of amides is 1. The van der Waals surface area contributed by atoms with E-state index in [-0.39, 0.29) is 0 Å². The summed E-state index contributed by atoms with van der Waals surface area (Å²) in [5.41, 5.74) is 4.32. The molecule has 0 atom stereocenters. The van der Waals surface area contributed by atoms with Gasteiger partial charge >= 0.3 is 18.2 Å².